The summed E-state index contributed by atoms with van der Waals surface area (Å²) in [6, 6.07) is 6.71. The van der Waals surface area contributed by atoms with Crippen LogP contribution in [0.4, 0.5) is 0 Å². The molecule has 5 heteroatoms. The maximum atomic E-state index is 11.8. The Morgan fingerprint density at radius 3 is 1.80 bits per heavy atom. The van der Waals surface area contributed by atoms with Crippen LogP contribution in [0.5, 0.6) is 5.75 Å². The molecule has 0 N–H and O–H groups in total. The maximum Gasteiger partial charge on any atom is 0.311 e. The van der Waals surface area contributed by atoms with Crippen molar-refractivity contribution in [1.82, 2.24) is 0 Å². The molecule has 0 spiro atoms. The minimum Gasteiger partial charge on any atom is -0.466 e. The molecule has 0 heterocycles. The Bertz CT molecular complexity index is 571. The third-order valence-corrected chi connectivity index (χ3v) is 5.32. The number of esters is 2. The van der Waals surface area contributed by atoms with Crippen LogP contribution >= 0.6 is 11.6 Å². The van der Waals surface area contributed by atoms with Crippen LogP contribution in [-0.2, 0) is 14.3 Å². The zero-order valence-electron chi connectivity index (χ0n) is 18.6. The molecule has 170 valence electrons. The first-order valence-corrected chi connectivity index (χ1v) is 12.1. The summed E-state index contributed by atoms with van der Waals surface area (Å²) in [4.78, 5) is 23.5. The molecule has 0 aromatic heterocycles. The molecule has 30 heavy (non-hydrogen) atoms. The van der Waals surface area contributed by atoms with E-state index in [2.05, 4.69) is 6.92 Å². The van der Waals surface area contributed by atoms with Crippen molar-refractivity contribution in [2.75, 3.05) is 6.61 Å². The van der Waals surface area contributed by atoms with E-state index in [1.165, 1.54) is 51.4 Å². The van der Waals surface area contributed by atoms with Crippen LogP contribution in [0.15, 0.2) is 24.3 Å². The van der Waals surface area contributed by atoms with E-state index in [9.17, 15) is 9.59 Å². The van der Waals surface area contributed by atoms with Crippen LogP contribution in [-0.4, -0.2) is 18.5 Å². The third kappa shape index (κ3) is 15.3. The number of rotatable bonds is 18. The number of hydrogen-bond acceptors (Lipinski definition) is 4. The lowest BCUT2D eigenvalue weighted by molar-refractivity contribution is -0.143. The Morgan fingerprint density at radius 2 is 1.20 bits per heavy atom. The predicted octanol–water partition coefficient (Wildman–Crippen LogP) is 7.66. The molecule has 0 fully saturated rings. The number of hydrogen-bond donors (Lipinski definition) is 0. The van der Waals surface area contributed by atoms with Crippen LogP contribution in [0.25, 0.3) is 0 Å². The lowest BCUT2D eigenvalue weighted by atomic mass is 10.1. The maximum absolute atomic E-state index is 11.8. The second kappa shape index (κ2) is 18.2. The molecule has 0 atom stereocenters. The van der Waals surface area contributed by atoms with Gasteiger partial charge in [0.05, 0.1) is 6.61 Å². The van der Waals surface area contributed by atoms with Crippen molar-refractivity contribution >= 4 is 23.5 Å². The van der Waals surface area contributed by atoms with Gasteiger partial charge in [0.2, 0.25) is 0 Å². The average Bonchev–Trinajstić information content (AvgIpc) is 2.73. The summed E-state index contributed by atoms with van der Waals surface area (Å²) in [5.74, 6) is 0.107. The Kier molecular flexibility index (Phi) is 16.1. The molecule has 0 aliphatic carbocycles. The highest BCUT2D eigenvalue weighted by atomic mass is 35.5. The van der Waals surface area contributed by atoms with Gasteiger partial charge in [0, 0.05) is 17.9 Å². The van der Waals surface area contributed by atoms with Gasteiger partial charge in [-0.25, -0.2) is 0 Å². The first kappa shape index (κ1) is 26.5. The Balaban J connectivity index is 1.87. The van der Waals surface area contributed by atoms with Crippen LogP contribution in [0.2, 0.25) is 5.02 Å². The van der Waals surface area contributed by atoms with Crippen LogP contribution in [0.3, 0.4) is 0 Å². The van der Waals surface area contributed by atoms with E-state index >= 15 is 0 Å². The summed E-state index contributed by atoms with van der Waals surface area (Å²) in [5.41, 5.74) is 0. The van der Waals surface area contributed by atoms with E-state index in [1.54, 1.807) is 24.3 Å². The zero-order chi connectivity index (χ0) is 21.9. The highest BCUT2D eigenvalue weighted by Gasteiger charge is 2.06. The highest BCUT2D eigenvalue weighted by Crippen LogP contribution is 2.16. The van der Waals surface area contributed by atoms with Gasteiger partial charge in [-0.3, -0.25) is 9.59 Å². The monoisotopic (exact) mass is 438 g/mol. The molecular weight excluding hydrogens is 400 g/mol. The quantitative estimate of drug-likeness (QED) is 0.134. The largest absolute Gasteiger partial charge is 0.466 e. The third-order valence-electron chi connectivity index (χ3n) is 5.07. The Hall–Kier alpha value is -1.55. The van der Waals surface area contributed by atoms with E-state index in [0.717, 1.165) is 25.7 Å². The smallest absolute Gasteiger partial charge is 0.311 e. The topological polar surface area (TPSA) is 52.6 Å². The molecule has 0 aliphatic rings. The molecule has 4 nitrogen and oxygen atoms in total. The van der Waals surface area contributed by atoms with Gasteiger partial charge in [0.15, 0.2) is 0 Å². The lowest BCUT2D eigenvalue weighted by Crippen LogP contribution is -2.08. The molecule has 1 aromatic rings. The van der Waals surface area contributed by atoms with Gasteiger partial charge in [-0.2, -0.15) is 0 Å². The Morgan fingerprint density at radius 1 is 0.700 bits per heavy atom. The van der Waals surface area contributed by atoms with Gasteiger partial charge < -0.3 is 9.47 Å². The molecule has 0 amide bonds. The van der Waals surface area contributed by atoms with Crippen molar-refractivity contribution in [2.24, 2.45) is 0 Å². The summed E-state index contributed by atoms with van der Waals surface area (Å²) >= 11 is 5.80. The van der Waals surface area contributed by atoms with Crippen molar-refractivity contribution in [1.29, 1.82) is 0 Å². The summed E-state index contributed by atoms with van der Waals surface area (Å²) < 4.78 is 10.5. The molecule has 0 radical (unpaired) electrons. The fourth-order valence-electron chi connectivity index (χ4n) is 3.25. The standard InChI is InChI=1S/C25H39ClO4/c1-2-3-4-5-6-7-8-9-10-14-21-29-24(27)15-12-11-13-16-25(28)30-23-19-17-22(26)18-20-23/h17-20H,2-16,21H2,1H3. The number of benzene rings is 1. The minimum absolute atomic E-state index is 0.130. The molecule has 0 saturated carbocycles. The predicted molar refractivity (Wildman–Crippen MR) is 123 cm³/mol. The van der Waals surface area contributed by atoms with E-state index in [-0.39, 0.29) is 11.9 Å². The van der Waals surface area contributed by atoms with E-state index < -0.39 is 0 Å². The highest BCUT2D eigenvalue weighted by molar-refractivity contribution is 6.30. The molecule has 1 aromatic carbocycles. The molecule has 0 saturated heterocycles. The summed E-state index contributed by atoms with van der Waals surface area (Å²) in [7, 11) is 0. The summed E-state index contributed by atoms with van der Waals surface area (Å²) in [6.07, 6.45) is 15.7. The van der Waals surface area contributed by atoms with Crippen molar-refractivity contribution in [3.05, 3.63) is 29.3 Å². The minimum atomic E-state index is -0.263. The van der Waals surface area contributed by atoms with Gasteiger partial charge in [-0.15, -0.1) is 0 Å². The number of unbranched alkanes of at least 4 members (excludes halogenated alkanes) is 11. The van der Waals surface area contributed by atoms with E-state index in [4.69, 9.17) is 21.1 Å². The fraction of sp³-hybridized carbons (Fsp3) is 0.680. The molecular formula is C25H39ClO4. The van der Waals surface area contributed by atoms with Gasteiger partial charge in [-0.1, -0.05) is 82.7 Å². The van der Waals surface area contributed by atoms with Gasteiger partial charge in [0.1, 0.15) is 5.75 Å². The van der Waals surface area contributed by atoms with Crippen LogP contribution in [0.1, 0.15) is 103 Å². The molecule has 0 bridgehead atoms. The SMILES string of the molecule is CCCCCCCCCCCCOC(=O)CCCCCC(=O)Oc1ccc(Cl)cc1. The van der Waals surface area contributed by atoms with Crippen molar-refractivity contribution in [3.63, 3.8) is 0 Å². The van der Waals surface area contributed by atoms with Crippen molar-refractivity contribution in [3.8, 4) is 5.75 Å². The Labute approximate surface area is 187 Å². The zero-order valence-corrected chi connectivity index (χ0v) is 19.4. The lowest BCUT2D eigenvalue weighted by Gasteiger charge is -2.06. The number of halogens is 1. The summed E-state index contributed by atoms with van der Waals surface area (Å²) in [6.45, 7) is 2.78. The fourth-order valence-corrected chi connectivity index (χ4v) is 3.37. The molecule has 1 rings (SSSR count). The van der Waals surface area contributed by atoms with Crippen LogP contribution < -0.4 is 4.74 Å². The average molecular weight is 439 g/mol. The first-order valence-electron chi connectivity index (χ1n) is 11.7. The van der Waals surface area contributed by atoms with Gasteiger partial charge >= 0.3 is 11.9 Å². The molecule has 0 aliphatic heterocycles. The number of carbonyl (C=O) groups is 2. The summed E-state index contributed by atoms with van der Waals surface area (Å²) in [5, 5.41) is 0.606. The van der Waals surface area contributed by atoms with Gasteiger partial charge in [0.25, 0.3) is 0 Å². The number of ether oxygens (including phenoxy) is 2. The van der Waals surface area contributed by atoms with Crippen molar-refractivity contribution < 1.29 is 19.1 Å². The molecule has 0 unspecified atom stereocenters. The van der Waals surface area contributed by atoms with Crippen LogP contribution in [0, 0.1) is 0 Å². The van der Waals surface area contributed by atoms with Gasteiger partial charge in [-0.05, 0) is 43.5 Å². The second-order valence-corrected chi connectivity index (χ2v) is 8.33. The number of carbonyl (C=O) groups excluding carboxylic acids is 2. The van der Waals surface area contributed by atoms with E-state index in [0.29, 0.717) is 36.6 Å². The van der Waals surface area contributed by atoms with Crippen molar-refractivity contribution in [2.45, 2.75) is 103 Å². The normalized spacial score (nSPS) is 10.7. The first-order chi connectivity index (χ1) is 14.6. The van der Waals surface area contributed by atoms with E-state index in [1.807, 2.05) is 0 Å². The second-order valence-electron chi connectivity index (χ2n) is 7.89.